The van der Waals surface area contributed by atoms with E-state index in [9.17, 15) is 0 Å². The molecule has 0 spiro atoms. The van der Waals surface area contributed by atoms with Crippen LogP contribution in [-0.4, -0.2) is 11.8 Å². The van der Waals surface area contributed by atoms with Gasteiger partial charge in [0, 0.05) is 0 Å². The van der Waals surface area contributed by atoms with Gasteiger partial charge in [-0.2, -0.15) is 0 Å². The van der Waals surface area contributed by atoms with Crippen molar-refractivity contribution in [3.63, 3.8) is 0 Å². The van der Waals surface area contributed by atoms with Crippen LogP contribution in [0, 0.1) is 0 Å². The molecule has 0 radical (unpaired) electrons. The predicted octanol–water partition coefficient (Wildman–Crippen LogP) is 16.3. The van der Waals surface area contributed by atoms with E-state index in [0.717, 1.165) is 0 Å². The summed E-state index contributed by atoms with van der Waals surface area (Å²) in [5, 5.41) is 0. The molecule has 1 heteroatoms. The van der Waals surface area contributed by atoms with E-state index in [1.165, 1.54) is 238 Å². The van der Waals surface area contributed by atoms with Gasteiger partial charge in [-0.15, -0.1) is 0 Å². The molecule has 0 aliphatic heterocycles. The van der Waals surface area contributed by atoms with E-state index in [0.29, 0.717) is 0 Å². The maximum absolute atomic E-state index is 5.54. The predicted molar refractivity (Wildman–Crippen MR) is 205 cm³/mol. The molecular formula is C43H87N. The number of rotatable bonds is 38. The average Bonchev–Trinajstić information content (AvgIpc) is 3.03. The van der Waals surface area contributed by atoms with Gasteiger partial charge in [0.2, 0.25) is 0 Å². The summed E-state index contributed by atoms with van der Waals surface area (Å²) in [5.41, 5.74) is 0.246. The Morgan fingerprint density at radius 3 is 0.795 bits per heavy atom. The summed E-state index contributed by atoms with van der Waals surface area (Å²) >= 11 is 0. The molecule has 44 heavy (non-hydrogen) atoms. The Bertz CT molecular complexity index is 496. The molecule has 0 fully saturated rings. The highest BCUT2D eigenvalue weighted by molar-refractivity contribution is 5.57. The minimum absolute atomic E-state index is 0.246. The van der Waals surface area contributed by atoms with Gasteiger partial charge < -0.3 is 0 Å². The van der Waals surface area contributed by atoms with E-state index in [2.05, 4.69) is 33.9 Å². The van der Waals surface area contributed by atoms with Crippen LogP contribution in [0.3, 0.4) is 0 Å². The van der Waals surface area contributed by atoms with Gasteiger partial charge in [-0.25, -0.2) is 0 Å². The van der Waals surface area contributed by atoms with Crippen molar-refractivity contribution < 1.29 is 0 Å². The summed E-state index contributed by atoms with van der Waals surface area (Å²) in [6.45, 7) is 9.31. The lowest BCUT2D eigenvalue weighted by molar-refractivity contribution is 0.306. The largest absolute Gasteiger partial charge is 0.291 e. The Kier molecular flexibility index (Phi) is 36.9. The molecule has 0 unspecified atom stereocenters. The highest BCUT2D eigenvalue weighted by atomic mass is 14.8. The zero-order valence-corrected chi connectivity index (χ0v) is 31.7. The molecule has 0 atom stereocenters. The van der Waals surface area contributed by atoms with Gasteiger partial charge in [-0.3, -0.25) is 4.99 Å². The van der Waals surface area contributed by atoms with Crippen LogP contribution in [0.5, 0.6) is 0 Å². The molecule has 0 heterocycles. The van der Waals surface area contributed by atoms with Gasteiger partial charge in [-0.05, 0) is 38.3 Å². The van der Waals surface area contributed by atoms with Crippen LogP contribution in [0.15, 0.2) is 4.99 Å². The SMILES string of the molecule is CCCCCCCCCCCCCCCCCC=NC(CCCCCCCC)(CCCCCCCC)CCCCCCCC. The van der Waals surface area contributed by atoms with Gasteiger partial charge in [0.05, 0.1) is 5.54 Å². The molecule has 264 valence electrons. The lowest BCUT2D eigenvalue weighted by Crippen LogP contribution is -2.27. The van der Waals surface area contributed by atoms with E-state index in [1.54, 1.807) is 0 Å². The normalized spacial score (nSPS) is 12.2. The second-order valence-electron chi connectivity index (χ2n) is 14.8. The van der Waals surface area contributed by atoms with Gasteiger partial charge in [-0.1, -0.05) is 233 Å². The minimum Gasteiger partial charge on any atom is -0.291 e. The van der Waals surface area contributed by atoms with Crippen LogP contribution in [0.25, 0.3) is 0 Å². The summed E-state index contributed by atoms with van der Waals surface area (Å²) in [5.74, 6) is 0. The fourth-order valence-electron chi connectivity index (χ4n) is 7.14. The van der Waals surface area contributed by atoms with Crippen LogP contribution in [-0.2, 0) is 0 Å². The van der Waals surface area contributed by atoms with Crippen LogP contribution in [0.1, 0.15) is 265 Å². The molecule has 0 aromatic heterocycles. The fourth-order valence-corrected chi connectivity index (χ4v) is 7.14. The quantitative estimate of drug-likeness (QED) is 0.0483. The third-order valence-electron chi connectivity index (χ3n) is 10.3. The lowest BCUT2D eigenvalue weighted by Gasteiger charge is -2.31. The first-order valence-electron chi connectivity index (χ1n) is 21.3. The zero-order chi connectivity index (χ0) is 32.1. The molecule has 0 rings (SSSR count). The van der Waals surface area contributed by atoms with Gasteiger partial charge in [0.1, 0.15) is 0 Å². The standard InChI is InChI=1S/C43H87N/c1-5-9-13-17-21-22-23-24-25-26-27-28-29-30-34-38-42-44-43(39-35-31-18-14-10-6-2,40-36-32-19-15-11-7-3)41-37-33-20-16-12-8-4/h42H,5-41H2,1-4H3. The van der Waals surface area contributed by atoms with E-state index in [-0.39, 0.29) is 5.54 Å². The van der Waals surface area contributed by atoms with Gasteiger partial charge >= 0.3 is 0 Å². The number of nitrogens with zero attached hydrogens (tertiary/aromatic N) is 1. The van der Waals surface area contributed by atoms with E-state index >= 15 is 0 Å². The van der Waals surface area contributed by atoms with Crippen LogP contribution >= 0.6 is 0 Å². The molecule has 0 aromatic rings. The Balaban J connectivity index is 4.52. The van der Waals surface area contributed by atoms with Crippen molar-refractivity contribution in [2.24, 2.45) is 4.99 Å². The number of aliphatic imine (C=N–C) groups is 1. The average molecular weight is 618 g/mol. The minimum atomic E-state index is 0.246. The second-order valence-corrected chi connectivity index (χ2v) is 14.8. The molecule has 0 saturated carbocycles. The summed E-state index contributed by atoms with van der Waals surface area (Å²) < 4.78 is 0. The lowest BCUT2D eigenvalue weighted by atomic mass is 9.82. The maximum atomic E-state index is 5.54. The Morgan fingerprint density at radius 1 is 0.295 bits per heavy atom. The molecule has 0 aromatic carbocycles. The first-order valence-corrected chi connectivity index (χ1v) is 21.3. The number of hydrogen-bond acceptors (Lipinski definition) is 1. The molecule has 0 saturated heterocycles. The summed E-state index contributed by atoms with van der Waals surface area (Å²) in [6.07, 6.45) is 54.7. The first-order chi connectivity index (χ1) is 21.7. The van der Waals surface area contributed by atoms with Crippen molar-refractivity contribution in [2.75, 3.05) is 0 Å². The van der Waals surface area contributed by atoms with Crippen molar-refractivity contribution in [1.82, 2.24) is 0 Å². The summed E-state index contributed by atoms with van der Waals surface area (Å²) in [6, 6.07) is 0. The monoisotopic (exact) mass is 618 g/mol. The van der Waals surface area contributed by atoms with E-state index in [1.807, 2.05) is 0 Å². The molecule has 0 aliphatic rings. The van der Waals surface area contributed by atoms with Crippen LogP contribution in [0.4, 0.5) is 0 Å². The topological polar surface area (TPSA) is 12.4 Å². The highest BCUT2D eigenvalue weighted by Crippen LogP contribution is 2.33. The van der Waals surface area contributed by atoms with Crippen molar-refractivity contribution in [3.05, 3.63) is 0 Å². The fraction of sp³-hybridized carbons (Fsp3) is 0.977. The van der Waals surface area contributed by atoms with E-state index in [4.69, 9.17) is 4.99 Å². The van der Waals surface area contributed by atoms with Crippen molar-refractivity contribution >= 4 is 6.21 Å². The summed E-state index contributed by atoms with van der Waals surface area (Å²) in [7, 11) is 0. The smallest absolute Gasteiger partial charge is 0.0604 e. The van der Waals surface area contributed by atoms with Crippen LogP contribution < -0.4 is 0 Å². The molecule has 0 amide bonds. The maximum Gasteiger partial charge on any atom is 0.0604 e. The van der Waals surface area contributed by atoms with Crippen molar-refractivity contribution in [1.29, 1.82) is 0 Å². The van der Waals surface area contributed by atoms with Crippen molar-refractivity contribution in [3.8, 4) is 0 Å². The summed E-state index contributed by atoms with van der Waals surface area (Å²) in [4.78, 5) is 5.54. The zero-order valence-electron chi connectivity index (χ0n) is 31.7. The third kappa shape index (κ3) is 31.6. The number of unbranched alkanes of at least 4 members (excludes halogenated alkanes) is 30. The molecule has 0 N–H and O–H groups in total. The van der Waals surface area contributed by atoms with Crippen molar-refractivity contribution in [2.45, 2.75) is 271 Å². The Labute approximate surface area is 281 Å². The number of hydrogen-bond donors (Lipinski definition) is 0. The molecular weight excluding hydrogens is 530 g/mol. The molecule has 0 bridgehead atoms. The Morgan fingerprint density at radius 2 is 0.523 bits per heavy atom. The van der Waals surface area contributed by atoms with Crippen LogP contribution in [0.2, 0.25) is 0 Å². The molecule has 1 nitrogen and oxygen atoms in total. The second kappa shape index (κ2) is 37.1. The molecule has 0 aliphatic carbocycles. The van der Waals surface area contributed by atoms with Gasteiger partial charge in [0.25, 0.3) is 0 Å². The highest BCUT2D eigenvalue weighted by Gasteiger charge is 2.27. The Hall–Kier alpha value is -0.330. The third-order valence-corrected chi connectivity index (χ3v) is 10.3. The van der Waals surface area contributed by atoms with E-state index < -0.39 is 0 Å². The van der Waals surface area contributed by atoms with Gasteiger partial charge in [0.15, 0.2) is 0 Å². The first kappa shape index (κ1) is 43.7.